The number of fused-ring (bicyclic) bond motifs is 10. The fourth-order valence-corrected chi connectivity index (χ4v) is 10.6. The first-order valence-electron chi connectivity index (χ1n) is 15.9. The average molecular weight is 675 g/mol. The third-order valence-electron chi connectivity index (χ3n) is 9.63. The van der Waals surface area contributed by atoms with Crippen molar-refractivity contribution < 1.29 is 14.4 Å². The Morgan fingerprint density at radius 1 is 0.660 bits per heavy atom. The Balaban J connectivity index is 1.34. The van der Waals surface area contributed by atoms with Gasteiger partial charge in [-0.15, -0.1) is 0 Å². The average Bonchev–Trinajstić information content (AvgIpc) is 3.83. The van der Waals surface area contributed by atoms with Crippen LogP contribution in [0.4, 0.5) is 0 Å². The number of nitrogens with zero attached hydrogens (tertiary/aromatic N) is 2. The van der Waals surface area contributed by atoms with E-state index in [1.54, 1.807) is 0 Å². The summed E-state index contributed by atoms with van der Waals surface area (Å²) >= 11 is 4.15. The van der Waals surface area contributed by atoms with Crippen LogP contribution in [0.3, 0.4) is 0 Å². The molecule has 6 atom stereocenters. The highest BCUT2D eigenvalue weighted by molar-refractivity contribution is 8.15. The summed E-state index contributed by atoms with van der Waals surface area (Å²) in [4.78, 5) is 56.5. The molecule has 9 heterocycles. The van der Waals surface area contributed by atoms with E-state index in [0.717, 1.165) is 80.0 Å². The van der Waals surface area contributed by atoms with Crippen molar-refractivity contribution in [2.75, 3.05) is 0 Å². The van der Waals surface area contributed by atoms with Crippen molar-refractivity contribution in [3.05, 3.63) is 94.6 Å². The van der Waals surface area contributed by atoms with Crippen LogP contribution in [0, 0.1) is 11.8 Å². The van der Waals surface area contributed by atoms with E-state index in [4.69, 9.17) is 9.97 Å². The molecule has 0 spiro atoms. The number of rotatable bonds is 2. The molecule has 10 heteroatoms. The van der Waals surface area contributed by atoms with Crippen LogP contribution in [0.25, 0.3) is 45.4 Å². The van der Waals surface area contributed by atoms with Gasteiger partial charge in [0.1, 0.15) is 0 Å². The standard InChI is InChI=1S/C37H30N4O3S3/c1-17-3-9-31(46-35(17)42)26-13-22-15-30-34-32-10-8-24(37(44)47-32)33(34)29(41-30)14-20-6-5-19(38-20)11-21-12-25(27(39-21)16-28(26)40-22)23-7-4-18(2)45-36(23)43/h3-7,9,11-18,23-24,31-32,39-40H,8,10H2,1-2H3. The van der Waals surface area contributed by atoms with Gasteiger partial charge in [-0.3, -0.25) is 14.4 Å². The quantitative estimate of drug-likeness (QED) is 0.205. The van der Waals surface area contributed by atoms with Gasteiger partial charge in [-0.25, -0.2) is 9.97 Å². The van der Waals surface area contributed by atoms with Crippen molar-refractivity contribution in [2.45, 2.75) is 48.4 Å². The lowest BCUT2D eigenvalue weighted by Gasteiger charge is -2.35. The summed E-state index contributed by atoms with van der Waals surface area (Å²) in [6.45, 7) is 3.96. The lowest BCUT2D eigenvalue weighted by atomic mass is 9.81. The topological polar surface area (TPSA) is 109 Å². The van der Waals surface area contributed by atoms with Crippen molar-refractivity contribution in [3.63, 3.8) is 0 Å². The number of nitrogens with one attached hydrogen (secondary N) is 2. The van der Waals surface area contributed by atoms with Crippen LogP contribution in [0.5, 0.6) is 0 Å². The van der Waals surface area contributed by atoms with Crippen LogP contribution in [0.2, 0.25) is 0 Å². The molecule has 3 aromatic heterocycles. The first-order chi connectivity index (χ1) is 22.8. The predicted molar refractivity (Wildman–Crippen MR) is 193 cm³/mol. The highest BCUT2D eigenvalue weighted by Crippen LogP contribution is 2.54. The van der Waals surface area contributed by atoms with Crippen molar-refractivity contribution >= 4 is 96.0 Å². The zero-order chi connectivity index (χ0) is 32.0. The predicted octanol–water partition coefficient (Wildman–Crippen LogP) is 8.26. The number of aromatic amines is 2. The number of carbonyl (C=O) groups is 3. The van der Waals surface area contributed by atoms with E-state index < -0.39 is 0 Å². The molecule has 1 saturated heterocycles. The lowest BCUT2D eigenvalue weighted by molar-refractivity contribution is -0.114. The lowest BCUT2D eigenvalue weighted by Crippen LogP contribution is -2.30. The van der Waals surface area contributed by atoms with Gasteiger partial charge in [0.05, 0.1) is 39.9 Å². The second-order valence-electron chi connectivity index (χ2n) is 12.9. The molecule has 1 aliphatic carbocycles. The van der Waals surface area contributed by atoms with Gasteiger partial charge in [0.15, 0.2) is 10.2 Å². The SMILES string of the molecule is CC1C=CC(c2cc3cc4nc(cc5nc(cc6cc(C7C=CC(C)C(=O)S7)c(cc2[nH]3)[nH]6)C2=C5C3CCC2SC3=O)C=C4)C(=O)S1. The Morgan fingerprint density at radius 3 is 2.19 bits per heavy atom. The first-order valence-corrected chi connectivity index (χ1v) is 18.6. The van der Waals surface area contributed by atoms with Gasteiger partial charge in [-0.2, -0.15) is 0 Å². The largest absolute Gasteiger partial charge is 0.355 e. The van der Waals surface area contributed by atoms with E-state index in [1.807, 2.05) is 56.4 Å². The van der Waals surface area contributed by atoms with E-state index >= 15 is 0 Å². The molecule has 6 aliphatic heterocycles. The number of hydrogen-bond acceptors (Lipinski definition) is 8. The van der Waals surface area contributed by atoms with E-state index in [0.29, 0.717) is 0 Å². The molecular formula is C37H30N4O3S3. The number of allylic oxidation sites excluding steroid dienone is 3. The van der Waals surface area contributed by atoms with Crippen molar-refractivity contribution in [1.29, 1.82) is 0 Å². The molecule has 1 fully saturated rings. The molecule has 0 radical (unpaired) electrons. The van der Waals surface area contributed by atoms with Crippen LogP contribution >= 0.6 is 35.3 Å². The Bertz CT molecular complexity index is 2220. The summed E-state index contributed by atoms with van der Waals surface area (Å²) in [5.74, 6) is -0.670. The Morgan fingerprint density at radius 2 is 1.40 bits per heavy atom. The molecular weight excluding hydrogens is 645 g/mol. The minimum atomic E-state index is -0.385. The number of H-pyrrole nitrogens is 2. The maximum atomic E-state index is 13.3. The maximum Gasteiger partial charge on any atom is 0.200 e. The van der Waals surface area contributed by atoms with Crippen LogP contribution in [-0.2, 0) is 14.4 Å². The Labute approximate surface area is 283 Å². The third kappa shape index (κ3) is 5.03. The second kappa shape index (κ2) is 11.1. The number of thioether (sulfide) groups is 3. The first kappa shape index (κ1) is 29.3. The molecule has 7 aliphatic rings. The molecule has 0 saturated carbocycles. The zero-order valence-electron chi connectivity index (χ0n) is 25.7. The van der Waals surface area contributed by atoms with Crippen molar-refractivity contribution in [3.8, 4) is 0 Å². The van der Waals surface area contributed by atoms with Crippen molar-refractivity contribution in [1.82, 2.24) is 19.9 Å². The van der Waals surface area contributed by atoms with Gasteiger partial charge < -0.3 is 9.97 Å². The number of aromatic nitrogens is 4. The van der Waals surface area contributed by atoms with Crippen LogP contribution in [0.1, 0.15) is 71.8 Å². The summed E-state index contributed by atoms with van der Waals surface area (Å²) in [7, 11) is 0. The minimum absolute atomic E-state index is 0.0830. The molecule has 234 valence electrons. The van der Waals surface area contributed by atoms with Gasteiger partial charge in [-0.1, -0.05) is 66.5 Å². The Hall–Kier alpha value is -3.86. The third-order valence-corrected chi connectivity index (χ3v) is 13.2. The van der Waals surface area contributed by atoms with Crippen LogP contribution in [-0.4, -0.2) is 45.8 Å². The van der Waals surface area contributed by atoms with E-state index in [-0.39, 0.29) is 48.8 Å². The summed E-state index contributed by atoms with van der Waals surface area (Å²) in [5.41, 5.74) is 10.8. The van der Waals surface area contributed by atoms with E-state index in [2.05, 4.69) is 40.3 Å². The molecule has 7 nitrogen and oxygen atoms in total. The molecule has 47 heavy (non-hydrogen) atoms. The van der Waals surface area contributed by atoms with Gasteiger partial charge in [0, 0.05) is 38.5 Å². The summed E-state index contributed by atoms with van der Waals surface area (Å²) in [6.07, 6.45) is 14.0. The van der Waals surface area contributed by atoms with Gasteiger partial charge >= 0.3 is 0 Å². The second-order valence-corrected chi connectivity index (χ2v) is 16.6. The highest BCUT2D eigenvalue weighted by Gasteiger charge is 2.45. The molecule has 10 rings (SSSR count). The molecule has 6 unspecified atom stereocenters. The molecule has 0 aromatic carbocycles. The molecule has 2 N–H and O–H groups in total. The normalized spacial score (nSPS) is 28.0. The van der Waals surface area contributed by atoms with Crippen molar-refractivity contribution in [2.24, 2.45) is 11.8 Å². The smallest absolute Gasteiger partial charge is 0.200 e. The summed E-state index contributed by atoms with van der Waals surface area (Å²) < 4.78 is 0. The molecule has 10 bridgehead atoms. The van der Waals surface area contributed by atoms with Crippen LogP contribution in [0.15, 0.2) is 60.7 Å². The van der Waals surface area contributed by atoms with Gasteiger partial charge in [-0.05, 0) is 90.6 Å². The van der Waals surface area contributed by atoms with Gasteiger partial charge in [0.25, 0.3) is 0 Å². The van der Waals surface area contributed by atoms with Crippen LogP contribution < -0.4 is 0 Å². The minimum Gasteiger partial charge on any atom is -0.355 e. The maximum absolute atomic E-state index is 13.3. The number of hydrogen-bond donors (Lipinski definition) is 2. The fraction of sp³-hybridized carbons (Fsp3) is 0.270. The fourth-order valence-electron chi connectivity index (χ4n) is 7.34. The van der Waals surface area contributed by atoms with Gasteiger partial charge in [0.2, 0.25) is 5.12 Å². The Kier molecular flexibility index (Phi) is 6.92. The van der Waals surface area contributed by atoms with E-state index in [1.165, 1.54) is 35.3 Å². The monoisotopic (exact) mass is 674 g/mol. The highest BCUT2D eigenvalue weighted by atomic mass is 32.2. The summed E-state index contributed by atoms with van der Waals surface area (Å²) in [6, 6.07) is 12.3. The van der Waals surface area contributed by atoms with E-state index in [9.17, 15) is 14.4 Å². The zero-order valence-corrected chi connectivity index (χ0v) is 28.1. The summed E-state index contributed by atoms with van der Waals surface area (Å²) in [5, 5.41) is 0.548. The molecule has 0 amide bonds. The molecule has 3 aromatic rings. The number of carbonyl (C=O) groups excluding carboxylic acids is 3.